The zero-order chi connectivity index (χ0) is 19.8. The van der Waals surface area contributed by atoms with Gasteiger partial charge in [0.15, 0.2) is 0 Å². The molecule has 0 aliphatic heterocycles. The number of ether oxygens (including phenoxy) is 2. The fraction of sp³-hybridized carbons (Fsp3) is 0.158. The molecule has 27 heavy (non-hydrogen) atoms. The van der Waals surface area contributed by atoms with Gasteiger partial charge in [-0.05, 0) is 30.5 Å². The second-order valence-corrected chi connectivity index (χ2v) is 6.04. The lowest BCUT2D eigenvalue weighted by atomic mass is 10.2. The van der Waals surface area contributed by atoms with Gasteiger partial charge in [-0.25, -0.2) is 9.59 Å². The molecule has 8 heteroatoms. The Labute approximate surface area is 160 Å². The number of benzene rings is 2. The third-order valence-corrected chi connectivity index (χ3v) is 3.90. The van der Waals surface area contributed by atoms with Gasteiger partial charge in [0.1, 0.15) is 23.6 Å². The molecule has 0 saturated heterocycles. The summed E-state index contributed by atoms with van der Waals surface area (Å²) < 4.78 is 10.5. The maximum atomic E-state index is 12.5. The van der Waals surface area contributed by atoms with Crippen LogP contribution in [0, 0.1) is 0 Å². The van der Waals surface area contributed by atoms with E-state index < -0.39 is 11.9 Å². The number of nitrogens with one attached hydrogen (secondary N) is 1. The molecule has 2 aromatic carbocycles. The summed E-state index contributed by atoms with van der Waals surface area (Å²) >= 11 is 1.00. The van der Waals surface area contributed by atoms with Crippen molar-refractivity contribution in [3.05, 3.63) is 59.7 Å². The largest absolute Gasteiger partial charge is 0.424 e. The summed E-state index contributed by atoms with van der Waals surface area (Å²) in [7, 11) is 0. The molecule has 0 heterocycles. The van der Waals surface area contributed by atoms with Gasteiger partial charge in [0.25, 0.3) is 0 Å². The quantitative estimate of drug-likeness (QED) is 0.600. The van der Waals surface area contributed by atoms with Crippen LogP contribution in [-0.2, 0) is 9.59 Å². The van der Waals surface area contributed by atoms with Crippen LogP contribution in [0.3, 0.4) is 0 Å². The van der Waals surface area contributed by atoms with Crippen molar-refractivity contribution >= 4 is 34.7 Å². The zero-order valence-corrected chi connectivity index (χ0v) is 15.5. The Morgan fingerprint density at radius 2 is 1.44 bits per heavy atom. The first kappa shape index (κ1) is 20.2. The van der Waals surface area contributed by atoms with Crippen molar-refractivity contribution in [2.45, 2.75) is 6.92 Å². The van der Waals surface area contributed by atoms with Crippen LogP contribution in [-0.4, -0.2) is 35.8 Å². The molecule has 0 bridgehead atoms. The number of rotatable bonds is 6. The van der Waals surface area contributed by atoms with Crippen LogP contribution in [0.25, 0.3) is 0 Å². The van der Waals surface area contributed by atoms with Gasteiger partial charge >= 0.3 is 11.9 Å². The highest BCUT2D eigenvalue weighted by Gasteiger charge is 2.20. The Morgan fingerprint density at radius 1 is 0.889 bits per heavy atom. The van der Waals surface area contributed by atoms with E-state index in [0.717, 1.165) is 11.8 Å². The van der Waals surface area contributed by atoms with Crippen molar-refractivity contribution < 1.29 is 28.7 Å². The van der Waals surface area contributed by atoms with Crippen LogP contribution in [0.1, 0.15) is 27.6 Å². The van der Waals surface area contributed by atoms with Gasteiger partial charge in [0.2, 0.25) is 11.0 Å². The van der Waals surface area contributed by atoms with E-state index in [2.05, 4.69) is 5.32 Å². The first-order valence-corrected chi connectivity index (χ1v) is 9.08. The maximum absolute atomic E-state index is 12.5. The van der Waals surface area contributed by atoms with Crippen molar-refractivity contribution in [1.82, 2.24) is 5.32 Å². The smallest absolute Gasteiger partial charge is 0.347 e. The third kappa shape index (κ3) is 5.68. The van der Waals surface area contributed by atoms with Gasteiger partial charge < -0.3 is 14.8 Å². The topological polar surface area (TPSA) is 98.8 Å². The molecule has 0 fully saturated rings. The van der Waals surface area contributed by atoms with Crippen LogP contribution in [0.2, 0.25) is 0 Å². The predicted molar refractivity (Wildman–Crippen MR) is 100 cm³/mol. The fourth-order valence-corrected chi connectivity index (χ4v) is 2.46. The van der Waals surface area contributed by atoms with E-state index in [4.69, 9.17) is 9.47 Å². The van der Waals surface area contributed by atoms with Gasteiger partial charge in [-0.1, -0.05) is 36.0 Å². The molecule has 0 unspecified atom stereocenters. The van der Waals surface area contributed by atoms with Crippen molar-refractivity contribution in [1.29, 1.82) is 0 Å². The van der Waals surface area contributed by atoms with E-state index >= 15 is 0 Å². The van der Waals surface area contributed by atoms with Crippen LogP contribution in [0.5, 0.6) is 11.5 Å². The van der Waals surface area contributed by atoms with Gasteiger partial charge in [-0.15, -0.1) is 0 Å². The molecule has 0 aliphatic carbocycles. The van der Waals surface area contributed by atoms with Crippen molar-refractivity contribution in [3.8, 4) is 11.5 Å². The predicted octanol–water partition coefficient (Wildman–Crippen LogP) is 2.45. The molecular formula is C19H17NO6S. The Bertz CT molecular complexity index is 880. The van der Waals surface area contributed by atoms with Gasteiger partial charge in [0.05, 0.1) is 5.56 Å². The van der Waals surface area contributed by atoms with Gasteiger partial charge in [0, 0.05) is 6.92 Å². The molecule has 1 amide bonds. The second-order valence-electron chi connectivity index (χ2n) is 5.26. The minimum absolute atomic E-state index is 0.00785. The molecule has 0 aromatic heterocycles. The lowest BCUT2D eigenvalue weighted by Crippen LogP contribution is -2.30. The molecule has 2 rings (SSSR count). The minimum atomic E-state index is -0.778. The number of carbonyl (C=O) groups excluding carboxylic acids is 4. The molecule has 2 aromatic rings. The molecule has 0 radical (unpaired) electrons. The van der Waals surface area contributed by atoms with E-state index in [9.17, 15) is 19.2 Å². The summed E-state index contributed by atoms with van der Waals surface area (Å²) in [6.07, 6.45) is 1.63. The summed E-state index contributed by atoms with van der Waals surface area (Å²) in [4.78, 5) is 47.2. The molecule has 1 N–H and O–H groups in total. The van der Waals surface area contributed by atoms with E-state index in [1.807, 2.05) is 0 Å². The van der Waals surface area contributed by atoms with Crippen molar-refractivity contribution in [2.24, 2.45) is 0 Å². The number of para-hydroxylation sites is 2. The highest BCUT2D eigenvalue weighted by Crippen LogP contribution is 2.25. The average molecular weight is 387 g/mol. The van der Waals surface area contributed by atoms with E-state index in [1.54, 1.807) is 36.6 Å². The maximum Gasteiger partial charge on any atom is 0.347 e. The molecule has 0 aliphatic rings. The molecule has 0 atom stereocenters. The summed E-state index contributed by atoms with van der Waals surface area (Å²) in [5.41, 5.74) is 0.276. The zero-order valence-electron chi connectivity index (χ0n) is 14.7. The normalized spacial score (nSPS) is 10.0. The highest BCUT2D eigenvalue weighted by atomic mass is 32.2. The SMILES string of the molecule is CSC(=O)c1ccccc1OC(=O)c1ccccc1OC(=O)CNC(C)=O. The van der Waals surface area contributed by atoms with Gasteiger partial charge in [-0.3, -0.25) is 9.59 Å². The van der Waals surface area contributed by atoms with E-state index in [1.165, 1.54) is 25.1 Å². The number of hydrogen-bond acceptors (Lipinski definition) is 7. The van der Waals surface area contributed by atoms with Crippen LogP contribution in [0.4, 0.5) is 0 Å². The Kier molecular flexibility index (Phi) is 7.13. The monoisotopic (exact) mass is 387 g/mol. The Hall–Kier alpha value is -3.13. The molecule has 0 spiro atoms. The highest BCUT2D eigenvalue weighted by molar-refractivity contribution is 8.13. The molecular weight excluding hydrogens is 370 g/mol. The Balaban J connectivity index is 2.20. The Morgan fingerprint density at radius 3 is 2.04 bits per heavy atom. The van der Waals surface area contributed by atoms with Crippen molar-refractivity contribution in [2.75, 3.05) is 12.8 Å². The number of thioether (sulfide) groups is 1. The lowest BCUT2D eigenvalue weighted by molar-refractivity contribution is -0.135. The first-order chi connectivity index (χ1) is 12.9. The number of esters is 2. The fourth-order valence-electron chi connectivity index (χ4n) is 2.07. The lowest BCUT2D eigenvalue weighted by Gasteiger charge is -2.11. The molecule has 0 saturated carbocycles. The van der Waals surface area contributed by atoms with E-state index in [0.29, 0.717) is 0 Å². The molecule has 7 nitrogen and oxygen atoms in total. The van der Waals surface area contributed by atoms with Crippen LogP contribution >= 0.6 is 11.8 Å². The summed E-state index contributed by atoms with van der Waals surface area (Å²) in [6.45, 7) is 0.940. The minimum Gasteiger partial charge on any atom is -0.424 e. The number of amides is 1. The van der Waals surface area contributed by atoms with Crippen molar-refractivity contribution in [3.63, 3.8) is 0 Å². The average Bonchev–Trinajstić information content (AvgIpc) is 2.66. The summed E-state index contributed by atoms with van der Waals surface area (Å²) in [5, 5.41) is 2.07. The number of carbonyl (C=O) groups is 4. The second kappa shape index (κ2) is 9.54. The summed E-state index contributed by atoms with van der Waals surface area (Å²) in [6, 6.07) is 12.4. The van der Waals surface area contributed by atoms with Gasteiger partial charge in [-0.2, -0.15) is 0 Å². The molecule has 140 valence electrons. The number of hydrogen-bond donors (Lipinski definition) is 1. The van der Waals surface area contributed by atoms with Crippen LogP contribution < -0.4 is 14.8 Å². The summed E-state index contributed by atoms with van der Waals surface area (Å²) in [5.74, 6) is -1.79. The first-order valence-electron chi connectivity index (χ1n) is 7.86. The third-order valence-electron chi connectivity index (χ3n) is 3.31. The standard InChI is InChI=1S/C19H17NO6S/c1-12(21)20-11-17(22)25-15-9-5-3-7-13(15)18(23)26-16-10-6-4-8-14(16)19(24)27-2/h3-10H,11H2,1-2H3,(H,20,21). The van der Waals surface area contributed by atoms with Crippen LogP contribution in [0.15, 0.2) is 48.5 Å². The van der Waals surface area contributed by atoms with E-state index in [-0.39, 0.29) is 40.2 Å².